The van der Waals surface area contributed by atoms with Crippen molar-refractivity contribution in [2.24, 2.45) is 11.8 Å². The van der Waals surface area contributed by atoms with Crippen molar-refractivity contribution in [1.29, 1.82) is 0 Å². The average molecular weight is 279 g/mol. The van der Waals surface area contributed by atoms with E-state index in [2.05, 4.69) is 0 Å². The molecule has 0 spiro atoms. The second-order valence-electron chi connectivity index (χ2n) is 5.88. The third-order valence-corrected chi connectivity index (χ3v) is 6.36. The summed E-state index contributed by atoms with van der Waals surface area (Å²) in [7, 11) is -3.29. The van der Waals surface area contributed by atoms with Crippen molar-refractivity contribution in [3.63, 3.8) is 0 Å². The molecule has 0 N–H and O–H groups in total. The van der Waals surface area contributed by atoms with E-state index in [0.29, 0.717) is 29.8 Å². The van der Waals surface area contributed by atoms with Crippen LogP contribution in [0.25, 0.3) is 0 Å². The number of benzene rings is 1. The van der Waals surface area contributed by atoms with E-state index in [-0.39, 0.29) is 0 Å². The quantitative estimate of drug-likeness (QED) is 0.835. The van der Waals surface area contributed by atoms with Crippen LogP contribution >= 0.6 is 0 Å². The molecular weight excluding hydrogens is 258 g/mol. The van der Waals surface area contributed by atoms with Crippen molar-refractivity contribution in [3.8, 4) is 0 Å². The fraction of sp³-hybridized carbons (Fsp3) is 0.600. The molecule has 0 unspecified atom stereocenters. The first-order valence-corrected chi connectivity index (χ1v) is 8.65. The molecule has 2 atom stereocenters. The molecule has 1 aliphatic heterocycles. The Morgan fingerprint density at radius 2 is 1.47 bits per heavy atom. The number of sulfonamides is 1. The number of nitrogens with zero attached hydrogens (tertiary/aromatic N) is 1. The normalized spacial score (nSPS) is 28.8. The summed E-state index contributed by atoms with van der Waals surface area (Å²) >= 11 is 0. The standard InChI is InChI=1S/C15H21NO2S/c17-19(18,15-7-2-1-3-8-15)16-11-13-5-4-6-14(12-16)10-9-13/h1-3,7-8,13-14H,4-6,9-12H2/t13-,14+. The number of hydrogen-bond acceptors (Lipinski definition) is 2. The van der Waals surface area contributed by atoms with E-state index in [1.54, 1.807) is 28.6 Å². The highest BCUT2D eigenvalue weighted by atomic mass is 32.2. The summed E-state index contributed by atoms with van der Waals surface area (Å²) in [5.74, 6) is 1.12. The molecular formula is C15H21NO2S. The van der Waals surface area contributed by atoms with Crippen molar-refractivity contribution in [1.82, 2.24) is 4.31 Å². The van der Waals surface area contributed by atoms with E-state index in [9.17, 15) is 8.42 Å². The van der Waals surface area contributed by atoms with Crippen LogP contribution < -0.4 is 0 Å². The average Bonchev–Trinajstić information content (AvgIpc) is 2.73. The molecule has 1 aromatic carbocycles. The van der Waals surface area contributed by atoms with E-state index in [4.69, 9.17) is 0 Å². The summed E-state index contributed by atoms with van der Waals surface area (Å²) in [5.41, 5.74) is 0. The van der Waals surface area contributed by atoms with Gasteiger partial charge in [0.2, 0.25) is 10.0 Å². The molecule has 1 heterocycles. The Balaban J connectivity index is 1.89. The first-order valence-electron chi connectivity index (χ1n) is 7.21. The predicted molar refractivity (Wildman–Crippen MR) is 75.3 cm³/mol. The Labute approximate surface area is 115 Å². The van der Waals surface area contributed by atoms with Gasteiger partial charge in [-0.3, -0.25) is 0 Å². The zero-order valence-electron chi connectivity index (χ0n) is 11.2. The van der Waals surface area contributed by atoms with Crippen LogP contribution in [-0.4, -0.2) is 25.8 Å². The lowest BCUT2D eigenvalue weighted by molar-refractivity contribution is 0.296. The van der Waals surface area contributed by atoms with Gasteiger partial charge in [-0.25, -0.2) is 8.42 Å². The van der Waals surface area contributed by atoms with Crippen LogP contribution in [0.3, 0.4) is 0 Å². The van der Waals surface area contributed by atoms with E-state index < -0.39 is 10.0 Å². The van der Waals surface area contributed by atoms with Crippen molar-refractivity contribution >= 4 is 10.0 Å². The first kappa shape index (κ1) is 13.1. The maximum absolute atomic E-state index is 12.7. The zero-order chi connectivity index (χ0) is 13.3. The van der Waals surface area contributed by atoms with Crippen LogP contribution in [-0.2, 0) is 10.0 Å². The summed E-state index contributed by atoms with van der Waals surface area (Å²) in [5, 5.41) is 0. The summed E-state index contributed by atoms with van der Waals surface area (Å²) in [6.07, 6.45) is 6.06. The van der Waals surface area contributed by atoms with Gasteiger partial charge in [-0.15, -0.1) is 0 Å². The van der Waals surface area contributed by atoms with E-state index in [1.807, 2.05) is 6.07 Å². The molecule has 4 heteroatoms. The van der Waals surface area contributed by atoms with Crippen molar-refractivity contribution in [3.05, 3.63) is 30.3 Å². The lowest BCUT2D eigenvalue weighted by atomic mass is 10.0. The lowest BCUT2D eigenvalue weighted by Crippen LogP contribution is -2.37. The molecule has 1 aromatic rings. The van der Waals surface area contributed by atoms with Crippen molar-refractivity contribution in [2.75, 3.05) is 13.1 Å². The summed E-state index contributed by atoms with van der Waals surface area (Å²) in [6, 6.07) is 8.86. The molecule has 2 aliphatic rings. The van der Waals surface area contributed by atoms with Crippen LogP contribution in [0.1, 0.15) is 32.1 Å². The highest BCUT2D eigenvalue weighted by Crippen LogP contribution is 2.34. The van der Waals surface area contributed by atoms with Crippen LogP contribution in [0.15, 0.2) is 35.2 Å². The van der Waals surface area contributed by atoms with Gasteiger partial charge in [-0.05, 0) is 49.7 Å². The largest absolute Gasteiger partial charge is 0.243 e. The Morgan fingerprint density at radius 1 is 0.895 bits per heavy atom. The molecule has 0 amide bonds. The predicted octanol–water partition coefficient (Wildman–Crippen LogP) is 2.89. The fourth-order valence-corrected chi connectivity index (χ4v) is 5.02. The first-order chi connectivity index (χ1) is 9.16. The van der Waals surface area contributed by atoms with Gasteiger partial charge in [-0.2, -0.15) is 4.31 Å². The maximum Gasteiger partial charge on any atom is 0.243 e. The smallest absolute Gasteiger partial charge is 0.207 e. The molecule has 1 aliphatic carbocycles. The maximum atomic E-state index is 12.7. The van der Waals surface area contributed by atoms with Crippen LogP contribution in [0.4, 0.5) is 0 Å². The van der Waals surface area contributed by atoms with Gasteiger partial charge in [0.15, 0.2) is 0 Å². The minimum Gasteiger partial charge on any atom is -0.207 e. The van der Waals surface area contributed by atoms with Crippen LogP contribution in [0.5, 0.6) is 0 Å². The summed E-state index contributed by atoms with van der Waals surface area (Å²) < 4.78 is 27.1. The monoisotopic (exact) mass is 279 g/mol. The SMILES string of the molecule is O=S(=O)(c1ccccc1)N1C[C@@H]2CCC[C@@H](CC2)C1. The van der Waals surface area contributed by atoms with Gasteiger partial charge >= 0.3 is 0 Å². The second kappa shape index (κ2) is 5.25. The Bertz CT molecular complexity index is 512. The molecule has 3 rings (SSSR count). The number of rotatable bonds is 2. The highest BCUT2D eigenvalue weighted by molar-refractivity contribution is 7.89. The summed E-state index contributed by atoms with van der Waals surface area (Å²) in [6.45, 7) is 1.43. The Kier molecular flexibility index (Phi) is 3.63. The molecule has 19 heavy (non-hydrogen) atoms. The van der Waals surface area contributed by atoms with Gasteiger partial charge < -0.3 is 0 Å². The van der Waals surface area contributed by atoms with Crippen LogP contribution in [0, 0.1) is 11.8 Å². The molecule has 1 saturated carbocycles. The van der Waals surface area contributed by atoms with E-state index >= 15 is 0 Å². The molecule has 2 bridgehead atoms. The lowest BCUT2D eigenvalue weighted by Gasteiger charge is -2.28. The third kappa shape index (κ3) is 2.70. The van der Waals surface area contributed by atoms with Gasteiger partial charge in [-0.1, -0.05) is 24.6 Å². The van der Waals surface area contributed by atoms with Gasteiger partial charge in [0.05, 0.1) is 4.90 Å². The summed E-state index contributed by atoms with van der Waals surface area (Å²) in [4.78, 5) is 0.440. The van der Waals surface area contributed by atoms with Crippen molar-refractivity contribution < 1.29 is 8.42 Å². The Morgan fingerprint density at radius 3 is 2.05 bits per heavy atom. The fourth-order valence-electron chi connectivity index (χ4n) is 3.41. The minimum absolute atomic E-state index is 0.440. The molecule has 3 nitrogen and oxygen atoms in total. The van der Waals surface area contributed by atoms with Crippen molar-refractivity contribution in [2.45, 2.75) is 37.0 Å². The van der Waals surface area contributed by atoms with E-state index in [1.165, 1.54) is 32.1 Å². The topological polar surface area (TPSA) is 37.4 Å². The minimum atomic E-state index is -3.29. The molecule has 0 radical (unpaired) electrons. The highest BCUT2D eigenvalue weighted by Gasteiger charge is 2.33. The van der Waals surface area contributed by atoms with Crippen LogP contribution in [0.2, 0.25) is 0 Å². The molecule has 1 saturated heterocycles. The van der Waals surface area contributed by atoms with Gasteiger partial charge in [0.25, 0.3) is 0 Å². The molecule has 104 valence electrons. The van der Waals surface area contributed by atoms with Gasteiger partial charge in [0.1, 0.15) is 0 Å². The number of fused-ring (bicyclic) bond motifs is 3. The zero-order valence-corrected chi connectivity index (χ0v) is 12.0. The second-order valence-corrected chi connectivity index (χ2v) is 7.81. The third-order valence-electron chi connectivity index (χ3n) is 4.51. The van der Waals surface area contributed by atoms with Gasteiger partial charge in [0, 0.05) is 13.1 Å². The molecule has 2 fully saturated rings. The molecule has 0 aromatic heterocycles. The van der Waals surface area contributed by atoms with E-state index in [0.717, 1.165) is 0 Å². The number of hydrogen-bond donors (Lipinski definition) is 0. The Hall–Kier alpha value is -0.870.